The van der Waals surface area contributed by atoms with Gasteiger partial charge in [0.15, 0.2) is 0 Å². The summed E-state index contributed by atoms with van der Waals surface area (Å²) in [6, 6.07) is 7.51. The first-order valence-corrected chi connectivity index (χ1v) is 6.05. The van der Waals surface area contributed by atoms with Gasteiger partial charge in [-0.2, -0.15) is 0 Å². The van der Waals surface area contributed by atoms with Crippen LogP contribution in [0.3, 0.4) is 0 Å². The van der Waals surface area contributed by atoms with Gasteiger partial charge in [0.05, 0.1) is 5.56 Å². The van der Waals surface area contributed by atoms with Gasteiger partial charge in [-0.3, -0.25) is 0 Å². The summed E-state index contributed by atoms with van der Waals surface area (Å²) in [7, 11) is 0. The highest BCUT2D eigenvalue weighted by Gasteiger charge is 2.08. The molecular weight excluding hydrogens is 250 g/mol. The number of rotatable bonds is 4. The highest BCUT2D eigenvalue weighted by Crippen LogP contribution is 2.21. The van der Waals surface area contributed by atoms with Crippen molar-refractivity contribution in [2.24, 2.45) is 0 Å². The van der Waals surface area contributed by atoms with E-state index in [9.17, 15) is 0 Å². The molecule has 1 aromatic heterocycles. The Kier molecular flexibility index (Phi) is 3.99. The number of anilines is 1. The van der Waals surface area contributed by atoms with Crippen LogP contribution < -0.4 is 10.5 Å². The molecule has 0 radical (unpaired) electrons. The Morgan fingerprint density at radius 2 is 2.17 bits per heavy atom. The van der Waals surface area contributed by atoms with Crippen LogP contribution in [-0.4, -0.2) is 9.97 Å². The molecule has 18 heavy (non-hydrogen) atoms. The van der Waals surface area contributed by atoms with E-state index >= 15 is 0 Å². The highest BCUT2D eigenvalue weighted by atomic mass is 35.5. The fraction of sp³-hybridized carbons (Fsp3) is 0.231. The van der Waals surface area contributed by atoms with Gasteiger partial charge in [0, 0.05) is 5.02 Å². The molecule has 2 rings (SSSR count). The zero-order chi connectivity index (χ0) is 13.0. The lowest BCUT2D eigenvalue weighted by Crippen LogP contribution is -2.04. The second-order valence-electron chi connectivity index (χ2n) is 3.81. The predicted octanol–water partition coefficient (Wildman–Crippen LogP) is 2.85. The van der Waals surface area contributed by atoms with Gasteiger partial charge in [0.1, 0.15) is 18.8 Å². The largest absolute Gasteiger partial charge is 0.472 e. The van der Waals surface area contributed by atoms with Crippen LogP contribution in [0.1, 0.15) is 18.1 Å². The first kappa shape index (κ1) is 12.6. The van der Waals surface area contributed by atoms with Gasteiger partial charge >= 0.3 is 0 Å². The van der Waals surface area contributed by atoms with E-state index in [1.165, 1.54) is 6.33 Å². The van der Waals surface area contributed by atoms with Gasteiger partial charge in [0.25, 0.3) is 0 Å². The minimum atomic E-state index is 0.407. The zero-order valence-corrected chi connectivity index (χ0v) is 10.8. The van der Waals surface area contributed by atoms with Crippen LogP contribution in [0.2, 0.25) is 5.02 Å². The number of ether oxygens (including phenoxy) is 1. The summed E-state index contributed by atoms with van der Waals surface area (Å²) in [5, 5.41) is 0.689. The molecule has 2 N–H and O–H groups in total. The van der Waals surface area contributed by atoms with Gasteiger partial charge in [-0.25, -0.2) is 9.97 Å². The van der Waals surface area contributed by atoms with Crippen molar-refractivity contribution in [3.05, 3.63) is 46.7 Å². The van der Waals surface area contributed by atoms with E-state index in [-0.39, 0.29) is 0 Å². The second kappa shape index (κ2) is 5.69. The van der Waals surface area contributed by atoms with E-state index < -0.39 is 0 Å². The van der Waals surface area contributed by atoms with Crippen molar-refractivity contribution in [3.63, 3.8) is 0 Å². The topological polar surface area (TPSA) is 61.0 Å². The third-order valence-corrected chi connectivity index (χ3v) is 2.79. The Bertz CT molecular complexity index is 546. The predicted molar refractivity (Wildman–Crippen MR) is 71.6 cm³/mol. The molecular formula is C13H14ClN3O. The quantitative estimate of drug-likeness (QED) is 0.921. The van der Waals surface area contributed by atoms with Crippen LogP contribution in [0.5, 0.6) is 5.88 Å². The van der Waals surface area contributed by atoms with E-state index in [0.29, 0.717) is 23.3 Å². The number of halogens is 1. The maximum Gasteiger partial charge on any atom is 0.222 e. The Hall–Kier alpha value is -1.81. The molecule has 0 bridgehead atoms. The van der Waals surface area contributed by atoms with Crippen LogP contribution in [0.15, 0.2) is 30.6 Å². The lowest BCUT2D eigenvalue weighted by Gasteiger charge is -2.10. The van der Waals surface area contributed by atoms with E-state index in [0.717, 1.165) is 17.5 Å². The average Bonchev–Trinajstić information content (AvgIpc) is 2.36. The standard InChI is InChI=1S/C13H14ClN3O/c1-2-11-12(15)16-8-17-13(11)18-7-9-4-3-5-10(14)6-9/h3-6,8H,2,7H2,1H3,(H2,15,16,17). The molecule has 0 fully saturated rings. The van der Waals surface area contributed by atoms with Gasteiger partial charge in [-0.15, -0.1) is 0 Å². The minimum absolute atomic E-state index is 0.407. The van der Waals surface area contributed by atoms with Gasteiger partial charge < -0.3 is 10.5 Å². The molecule has 0 aliphatic carbocycles. The molecule has 5 heteroatoms. The first-order chi connectivity index (χ1) is 8.70. The fourth-order valence-electron chi connectivity index (χ4n) is 1.64. The molecule has 4 nitrogen and oxygen atoms in total. The number of hydrogen-bond acceptors (Lipinski definition) is 4. The second-order valence-corrected chi connectivity index (χ2v) is 4.25. The first-order valence-electron chi connectivity index (χ1n) is 5.67. The lowest BCUT2D eigenvalue weighted by atomic mass is 10.2. The number of aromatic nitrogens is 2. The lowest BCUT2D eigenvalue weighted by molar-refractivity contribution is 0.290. The summed E-state index contributed by atoms with van der Waals surface area (Å²) in [6.07, 6.45) is 2.14. The van der Waals surface area contributed by atoms with Crippen LogP contribution in [0.4, 0.5) is 5.82 Å². The minimum Gasteiger partial charge on any atom is -0.472 e. The molecule has 0 aliphatic heterocycles. The molecule has 1 aromatic carbocycles. The van der Waals surface area contributed by atoms with Crippen molar-refractivity contribution < 1.29 is 4.74 Å². The van der Waals surface area contributed by atoms with Gasteiger partial charge in [0.2, 0.25) is 5.88 Å². The smallest absolute Gasteiger partial charge is 0.222 e. The van der Waals surface area contributed by atoms with Crippen molar-refractivity contribution in [2.45, 2.75) is 20.0 Å². The molecule has 0 amide bonds. The van der Waals surface area contributed by atoms with Gasteiger partial charge in [-0.05, 0) is 24.1 Å². The zero-order valence-electron chi connectivity index (χ0n) is 10.1. The monoisotopic (exact) mass is 263 g/mol. The maximum absolute atomic E-state index is 5.91. The summed E-state index contributed by atoms with van der Waals surface area (Å²) < 4.78 is 5.66. The number of nitrogen functional groups attached to an aromatic ring is 1. The number of nitrogens with two attached hydrogens (primary N) is 1. The van der Waals surface area contributed by atoms with Crippen LogP contribution in [0.25, 0.3) is 0 Å². The third kappa shape index (κ3) is 2.90. The summed E-state index contributed by atoms with van der Waals surface area (Å²) >= 11 is 5.91. The Balaban J connectivity index is 2.13. The Labute approximate surface area is 111 Å². The maximum atomic E-state index is 5.91. The van der Waals surface area contributed by atoms with Crippen LogP contribution >= 0.6 is 11.6 Å². The van der Waals surface area contributed by atoms with Crippen LogP contribution in [0, 0.1) is 0 Å². The van der Waals surface area contributed by atoms with E-state index in [1.807, 2.05) is 31.2 Å². The molecule has 0 unspecified atom stereocenters. The summed E-state index contributed by atoms with van der Waals surface area (Å²) in [6.45, 7) is 2.39. The van der Waals surface area contributed by atoms with Crippen LogP contribution in [-0.2, 0) is 13.0 Å². The number of hydrogen-bond donors (Lipinski definition) is 1. The number of nitrogens with zero attached hydrogens (tertiary/aromatic N) is 2. The SMILES string of the molecule is CCc1c(N)ncnc1OCc1cccc(Cl)c1. The normalized spacial score (nSPS) is 10.3. The van der Waals surface area contributed by atoms with Crippen molar-refractivity contribution in [1.29, 1.82) is 0 Å². The summed E-state index contributed by atoms with van der Waals surface area (Å²) in [5.41, 5.74) is 7.59. The van der Waals surface area contributed by atoms with Crippen molar-refractivity contribution in [3.8, 4) is 5.88 Å². The van der Waals surface area contributed by atoms with Crippen molar-refractivity contribution in [1.82, 2.24) is 9.97 Å². The van der Waals surface area contributed by atoms with E-state index in [4.69, 9.17) is 22.1 Å². The van der Waals surface area contributed by atoms with Crippen molar-refractivity contribution in [2.75, 3.05) is 5.73 Å². The van der Waals surface area contributed by atoms with E-state index in [2.05, 4.69) is 9.97 Å². The highest BCUT2D eigenvalue weighted by molar-refractivity contribution is 6.30. The molecule has 0 aliphatic rings. The molecule has 1 heterocycles. The van der Waals surface area contributed by atoms with Crippen molar-refractivity contribution >= 4 is 17.4 Å². The molecule has 94 valence electrons. The number of benzene rings is 1. The molecule has 0 saturated carbocycles. The molecule has 0 saturated heterocycles. The summed E-state index contributed by atoms with van der Waals surface area (Å²) in [5.74, 6) is 0.999. The average molecular weight is 264 g/mol. The summed E-state index contributed by atoms with van der Waals surface area (Å²) in [4.78, 5) is 8.05. The Morgan fingerprint density at radius 1 is 1.33 bits per heavy atom. The molecule has 2 aromatic rings. The van der Waals surface area contributed by atoms with E-state index in [1.54, 1.807) is 0 Å². The molecule has 0 spiro atoms. The fourth-order valence-corrected chi connectivity index (χ4v) is 1.86. The van der Waals surface area contributed by atoms with Gasteiger partial charge in [-0.1, -0.05) is 30.7 Å². The molecule has 0 atom stereocenters. The third-order valence-electron chi connectivity index (χ3n) is 2.56. The Morgan fingerprint density at radius 3 is 2.89 bits per heavy atom.